The highest BCUT2D eigenvalue weighted by Gasteiger charge is 2.46. The van der Waals surface area contributed by atoms with Crippen LogP contribution in [-0.4, -0.2) is 67.1 Å². The molecule has 2 unspecified atom stereocenters. The number of carboxylic acids is 1. The van der Waals surface area contributed by atoms with E-state index in [1.165, 1.54) is 5.56 Å². The fourth-order valence-electron chi connectivity index (χ4n) is 6.70. The number of sulfone groups is 1. The summed E-state index contributed by atoms with van der Waals surface area (Å²) in [5, 5.41) is 12.7. The number of para-hydroxylation sites is 1. The van der Waals surface area contributed by atoms with Crippen molar-refractivity contribution in [3.63, 3.8) is 0 Å². The smallest absolute Gasteiger partial charge is 0.307 e. The molecule has 41 heavy (non-hydrogen) atoms. The lowest BCUT2D eigenvalue weighted by atomic mass is 9.85. The summed E-state index contributed by atoms with van der Waals surface area (Å²) in [7, 11) is -2.88. The first-order valence-electron chi connectivity index (χ1n) is 14.3. The first kappa shape index (κ1) is 28.2. The number of hydrogen-bond acceptors (Lipinski definition) is 8. The number of benzene rings is 2. The summed E-state index contributed by atoms with van der Waals surface area (Å²) in [5.41, 5.74) is 6.33. The second-order valence-corrected chi connectivity index (χ2v) is 15.0. The van der Waals surface area contributed by atoms with Gasteiger partial charge in [0.1, 0.15) is 12.4 Å². The van der Waals surface area contributed by atoms with Gasteiger partial charge in [-0.15, -0.1) is 11.3 Å². The Morgan fingerprint density at radius 3 is 2.49 bits per heavy atom. The molecule has 0 spiro atoms. The molecule has 0 amide bonds. The highest BCUT2D eigenvalue weighted by Crippen LogP contribution is 2.44. The van der Waals surface area contributed by atoms with Gasteiger partial charge in [-0.25, -0.2) is 13.4 Å². The van der Waals surface area contributed by atoms with Crippen molar-refractivity contribution in [2.75, 3.05) is 42.6 Å². The Morgan fingerprint density at radius 1 is 1.07 bits per heavy atom. The average Bonchev–Trinajstić information content (AvgIpc) is 3.53. The zero-order chi connectivity index (χ0) is 28.7. The minimum absolute atomic E-state index is 0.196. The van der Waals surface area contributed by atoms with Crippen LogP contribution in [0.5, 0.6) is 5.75 Å². The summed E-state index contributed by atoms with van der Waals surface area (Å²) in [6.45, 7) is 8.01. The molecule has 3 aromatic rings. The van der Waals surface area contributed by atoms with Crippen LogP contribution in [0.2, 0.25) is 0 Å². The zero-order valence-corrected chi connectivity index (χ0v) is 25.2. The molecule has 10 heteroatoms. The summed E-state index contributed by atoms with van der Waals surface area (Å²) >= 11 is 1.61. The third kappa shape index (κ3) is 6.01. The van der Waals surface area contributed by atoms with Crippen molar-refractivity contribution in [1.29, 1.82) is 0 Å². The Morgan fingerprint density at radius 2 is 1.80 bits per heavy atom. The first-order chi connectivity index (χ1) is 19.7. The number of thiazole rings is 1. The monoisotopic (exact) mass is 595 g/mol. The maximum atomic E-state index is 11.8. The fourth-order valence-corrected chi connectivity index (χ4v) is 8.82. The molecular weight excluding hydrogens is 558 g/mol. The number of aromatic nitrogens is 1. The molecule has 1 aliphatic carbocycles. The highest BCUT2D eigenvalue weighted by atomic mass is 32.2. The molecule has 1 aromatic heterocycles. The number of piperidine rings is 1. The lowest BCUT2D eigenvalue weighted by Crippen LogP contribution is -2.44. The standard InChI is InChI=1S/C31H37N3O5S2/c1-20-4-3-5-26(27-19-40-31(32-27)34-16-23-8-9-24(17-34)28(23)30(35)36)29(20)39-18-25-7-6-22(14-21(25)2)15-33-10-12-41(37,38)13-11-33/h3-7,14,19,23-24,28H,8-13,15-18H2,1-2H3,(H,35,36)/t23-,24?,28?/m0/s1. The molecule has 2 aromatic carbocycles. The number of carboxylic acid groups (broad SMARTS) is 1. The quantitative estimate of drug-likeness (QED) is 0.397. The van der Waals surface area contributed by atoms with Crippen LogP contribution in [0, 0.1) is 31.6 Å². The maximum Gasteiger partial charge on any atom is 0.307 e. The van der Waals surface area contributed by atoms with E-state index in [1.807, 2.05) is 6.07 Å². The Hall–Kier alpha value is -2.95. The molecule has 1 N–H and O–H groups in total. The van der Waals surface area contributed by atoms with Gasteiger partial charge >= 0.3 is 5.97 Å². The maximum absolute atomic E-state index is 11.8. The summed E-state index contributed by atoms with van der Waals surface area (Å²) < 4.78 is 29.9. The Kier molecular flexibility index (Phi) is 7.82. The average molecular weight is 596 g/mol. The van der Waals surface area contributed by atoms with E-state index in [0.717, 1.165) is 71.3 Å². The van der Waals surface area contributed by atoms with Gasteiger partial charge in [-0.05, 0) is 66.8 Å². The van der Waals surface area contributed by atoms with Gasteiger partial charge in [-0.2, -0.15) is 0 Å². The van der Waals surface area contributed by atoms with Crippen LogP contribution in [0.25, 0.3) is 11.3 Å². The van der Waals surface area contributed by atoms with E-state index in [1.54, 1.807) is 11.3 Å². The molecule has 6 rings (SSSR count). The van der Waals surface area contributed by atoms with Crippen molar-refractivity contribution in [2.45, 2.75) is 39.8 Å². The third-order valence-corrected chi connectivity index (χ3v) is 11.5. The largest absolute Gasteiger partial charge is 0.488 e. The van der Waals surface area contributed by atoms with E-state index in [4.69, 9.17) is 9.72 Å². The fraction of sp³-hybridized carbons (Fsp3) is 0.484. The number of rotatable bonds is 8. The van der Waals surface area contributed by atoms with E-state index >= 15 is 0 Å². The molecule has 218 valence electrons. The van der Waals surface area contributed by atoms with Crippen molar-refractivity contribution in [2.24, 2.45) is 17.8 Å². The van der Waals surface area contributed by atoms with Crippen LogP contribution in [0.1, 0.15) is 35.1 Å². The van der Waals surface area contributed by atoms with Gasteiger partial charge < -0.3 is 14.7 Å². The number of fused-ring (bicyclic) bond motifs is 2. The number of carbonyl (C=O) groups is 1. The topological polar surface area (TPSA) is 100 Å². The second-order valence-electron chi connectivity index (χ2n) is 11.8. The number of hydrogen-bond donors (Lipinski definition) is 1. The second kappa shape index (κ2) is 11.4. The molecule has 8 nitrogen and oxygen atoms in total. The van der Waals surface area contributed by atoms with E-state index < -0.39 is 15.8 Å². The Balaban J connectivity index is 1.13. The van der Waals surface area contributed by atoms with E-state index in [9.17, 15) is 18.3 Å². The van der Waals surface area contributed by atoms with Crippen LogP contribution in [-0.2, 0) is 27.8 Å². The molecule has 3 aliphatic rings. The van der Waals surface area contributed by atoms with Crippen LogP contribution in [0.3, 0.4) is 0 Å². The molecule has 2 bridgehead atoms. The lowest BCUT2D eigenvalue weighted by molar-refractivity contribution is -0.144. The number of nitrogens with zero attached hydrogens (tertiary/aromatic N) is 3. The molecular formula is C31H37N3O5S2. The predicted molar refractivity (Wildman–Crippen MR) is 161 cm³/mol. The van der Waals surface area contributed by atoms with Crippen LogP contribution >= 0.6 is 11.3 Å². The molecule has 3 heterocycles. The molecule has 2 saturated heterocycles. The summed E-state index contributed by atoms with van der Waals surface area (Å²) in [4.78, 5) is 21.2. The zero-order valence-electron chi connectivity index (χ0n) is 23.6. The van der Waals surface area contributed by atoms with Gasteiger partial charge in [-0.1, -0.05) is 30.3 Å². The Labute approximate surface area is 245 Å². The molecule has 2 aliphatic heterocycles. The van der Waals surface area contributed by atoms with Gasteiger partial charge in [-0.3, -0.25) is 9.69 Å². The van der Waals surface area contributed by atoms with Crippen molar-refractivity contribution in [3.8, 4) is 17.0 Å². The number of aliphatic carboxylic acids is 1. The van der Waals surface area contributed by atoms with Gasteiger partial charge in [0.15, 0.2) is 15.0 Å². The number of ether oxygens (including phenoxy) is 1. The molecule has 0 radical (unpaired) electrons. The van der Waals surface area contributed by atoms with Gasteiger partial charge in [0.25, 0.3) is 0 Å². The van der Waals surface area contributed by atoms with Crippen molar-refractivity contribution in [1.82, 2.24) is 9.88 Å². The van der Waals surface area contributed by atoms with Gasteiger partial charge in [0, 0.05) is 43.7 Å². The molecule has 3 atom stereocenters. The molecule has 3 fully saturated rings. The van der Waals surface area contributed by atoms with Gasteiger partial charge in [0.05, 0.1) is 23.1 Å². The Bertz CT molecular complexity index is 1520. The van der Waals surface area contributed by atoms with E-state index in [0.29, 0.717) is 19.7 Å². The first-order valence-corrected chi connectivity index (χ1v) is 17.0. The van der Waals surface area contributed by atoms with E-state index in [-0.39, 0.29) is 29.3 Å². The number of anilines is 1. The SMILES string of the molecule is Cc1cc(CN2CCS(=O)(=O)CC2)ccc1COc1c(C)cccc1-c1csc(N2CC3CC[C@@H](C2)C3C(=O)O)n1. The minimum atomic E-state index is -2.88. The lowest BCUT2D eigenvalue weighted by Gasteiger charge is -2.35. The van der Waals surface area contributed by atoms with Gasteiger partial charge in [0.2, 0.25) is 0 Å². The normalized spacial score (nSPS) is 24.0. The van der Waals surface area contributed by atoms with Crippen molar-refractivity contribution in [3.05, 3.63) is 64.0 Å². The summed E-state index contributed by atoms with van der Waals surface area (Å²) in [6, 6.07) is 12.5. The minimum Gasteiger partial charge on any atom is -0.488 e. The van der Waals surface area contributed by atoms with E-state index in [2.05, 4.69) is 59.4 Å². The highest BCUT2D eigenvalue weighted by molar-refractivity contribution is 7.91. The summed E-state index contributed by atoms with van der Waals surface area (Å²) in [6.07, 6.45) is 1.96. The third-order valence-electron chi connectivity index (χ3n) is 8.99. The van der Waals surface area contributed by atoms with Crippen molar-refractivity contribution >= 4 is 32.3 Å². The summed E-state index contributed by atoms with van der Waals surface area (Å²) in [5.74, 6) is 0.825. The van der Waals surface area contributed by atoms with Crippen LogP contribution in [0.4, 0.5) is 5.13 Å². The number of aryl methyl sites for hydroxylation is 2. The predicted octanol–water partition coefficient (Wildman–Crippen LogP) is 4.78. The van der Waals surface area contributed by atoms with Crippen molar-refractivity contribution < 1.29 is 23.1 Å². The molecule has 1 saturated carbocycles. The van der Waals surface area contributed by atoms with Crippen LogP contribution < -0.4 is 9.64 Å². The van der Waals surface area contributed by atoms with Crippen LogP contribution in [0.15, 0.2) is 41.8 Å².